The maximum atomic E-state index is 11.1. The van der Waals surface area contributed by atoms with Crippen LogP contribution in [0.1, 0.15) is 12.6 Å². The molecule has 0 unspecified atom stereocenters. The van der Waals surface area contributed by atoms with E-state index in [-0.39, 0.29) is 5.75 Å². The highest BCUT2D eigenvalue weighted by molar-refractivity contribution is 8.13. The molecule has 2 rings (SSSR count). The molecule has 0 spiro atoms. The van der Waals surface area contributed by atoms with Gasteiger partial charge in [0.05, 0.1) is 11.2 Å². The first-order valence-electron chi connectivity index (χ1n) is 4.88. The lowest BCUT2D eigenvalue weighted by molar-refractivity contribution is 0.606. The number of para-hydroxylation sites is 1. The standard InChI is InChI=1S/C10H11ClN2O2S/c1-2-13-10-6-4-3-5-8(10)9(12-13)7-16(11,14)15/h3-6H,2,7H2,1H3. The van der Waals surface area contributed by atoms with Gasteiger partial charge in [0.2, 0.25) is 9.05 Å². The number of hydrogen-bond acceptors (Lipinski definition) is 3. The topological polar surface area (TPSA) is 52.0 Å². The molecule has 0 bridgehead atoms. The zero-order chi connectivity index (χ0) is 11.8. The number of fused-ring (bicyclic) bond motifs is 1. The predicted molar refractivity (Wildman–Crippen MR) is 63.9 cm³/mol. The van der Waals surface area contributed by atoms with Crippen molar-refractivity contribution >= 4 is 30.6 Å². The molecule has 16 heavy (non-hydrogen) atoms. The van der Waals surface area contributed by atoms with Gasteiger partial charge in [0.1, 0.15) is 5.75 Å². The first-order valence-corrected chi connectivity index (χ1v) is 7.36. The van der Waals surface area contributed by atoms with E-state index in [2.05, 4.69) is 5.10 Å². The highest BCUT2D eigenvalue weighted by atomic mass is 35.7. The molecule has 0 amide bonds. The number of aryl methyl sites for hydroxylation is 1. The molecule has 0 saturated heterocycles. The minimum absolute atomic E-state index is 0.234. The molecule has 0 aliphatic rings. The van der Waals surface area contributed by atoms with Crippen LogP contribution in [-0.4, -0.2) is 18.2 Å². The van der Waals surface area contributed by atoms with Crippen molar-refractivity contribution in [1.29, 1.82) is 0 Å². The zero-order valence-corrected chi connectivity index (χ0v) is 10.3. The minimum Gasteiger partial charge on any atom is -0.265 e. The molecule has 6 heteroatoms. The molecule has 1 heterocycles. The Morgan fingerprint density at radius 3 is 2.69 bits per heavy atom. The van der Waals surface area contributed by atoms with Crippen LogP contribution in [0.2, 0.25) is 0 Å². The predicted octanol–water partition coefficient (Wildman–Crippen LogP) is 2.12. The monoisotopic (exact) mass is 258 g/mol. The second-order valence-electron chi connectivity index (χ2n) is 3.46. The van der Waals surface area contributed by atoms with Crippen molar-refractivity contribution in [2.45, 2.75) is 19.2 Å². The van der Waals surface area contributed by atoms with Crippen LogP contribution in [0.3, 0.4) is 0 Å². The van der Waals surface area contributed by atoms with Gasteiger partial charge in [-0.2, -0.15) is 5.10 Å². The molecule has 0 fully saturated rings. The SMILES string of the molecule is CCn1nc(CS(=O)(=O)Cl)c2ccccc21. The van der Waals surface area contributed by atoms with Crippen molar-refractivity contribution in [2.24, 2.45) is 0 Å². The van der Waals surface area contributed by atoms with E-state index in [9.17, 15) is 8.42 Å². The number of halogens is 1. The Balaban J connectivity index is 2.62. The van der Waals surface area contributed by atoms with Gasteiger partial charge in [-0.15, -0.1) is 0 Å². The molecule has 1 aromatic carbocycles. The largest absolute Gasteiger partial charge is 0.265 e. The highest BCUT2D eigenvalue weighted by Crippen LogP contribution is 2.21. The maximum absolute atomic E-state index is 11.1. The number of hydrogen-bond donors (Lipinski definition) is 0. The Morgan fingerprint density at radius 1 is 1.38 bits per heavy atom. The van der Waals surface area contributed by atoms with Crippen molar-refractivity contribution in [2.75, 3.05) is 0 Å². The van der Waals surface area contributed by atoms with Gasteiger partial charge in [0.15, 0.2) is 0 Å². The molecule has 0 N–H and O–H groups in total. The molecule has 0 aliphatic carbocycles. The fraction of sp³-hybridized carbons (Fsp3) is 0.300. The van der Waals surface area contributed by atoms with Gasteiger partial charge in [0.25, 0.3) is 0 Å². The summed E-state index contributed by atoms with van der Waals surface area (Å²) in [6.45, 7) is 2.65. The Labute approximate surface area is 98.2 Å². The van der Waals surface area contributed by atoms with E-state index in [4.69, 9.17) is 10.7 Å². The number of aromatic nitrogens is 2. The number of nitrogens with zero attached hydrogens (tertiary/aromatic N) is 2. The smallest absolute Gasteiger partial charge is 0.238 e. The van der Waals surface area contributed by atoms with E-state index in [1.54, 1.807) is 4.68 Å². The minimum atomic E-state index is -3.57. The molecule has 1 aromatic heterocycles. The molecular weight excluding hydrogens is 248 g/mol. The van der Waals surface area contributed by atoms with Crippen LogP contribution in [0.15, 0.2) is 24.3 Å². The Kier molecular flexibility index (Phi) is 2.90. The average Bonchev–Trinajstić information content (AvgIpc) is 2.55. The van der Waals surface area contributed by atoms with Gasteiger partial charge >= 0.3 is 0 Å². The van der Waals surface area contributed by atoms with E-state index in [0.29, 0.717) is 12.2 Å². The van der Waals surface area contributed by atoms with Crippen molar-refractivity contribution in [3.63, 3.8) is 0 Å². The maximum Gasteiger partial charge on any atom is 0.238 e. The summed E-state index contributed by atoms with van der Waals surface area (Å²) >= 11 is 0. The Morgan fingerprint density at radius 2 is 2.06 bits per heavy atom. The third kappa shape index (κ3) is 2.20. The van der Waals surface area contributed by atoms with E-state index in [0.717, 1.165) is 10.9 Å². The zero-order valence-electron chi connectivity index (χ0n) is 8.72. The normalized spacial score (nSPS) is 12.1. The van der Waals surface area contributed by atoms with Crippen LogP contribution in [-0.2, 0) is 21.3 Å². The van der Waals surface area contributed by atoms with Crippen LogP contribution >= 0.6 is 10.7 Å². The van der Waals surface area contributed by atoms with E-state index in [1.807, 2.05) is 31.2 Å². The van der Waals surface area contributed by atoms with E-state index in [1.165, 1.54) is 0 Å². The first kappa shape index (κ1) is 11.4. The molecule has 86 valence electrons. The summed E-state index contributed by atoms with van der Waals surface area (Å²) in [5.74, 6) is -0.234. The number of rotatable bonds is 3. The lowest BCUT2D eigenvalue weighted by Crippen LogP contribution is -1.99. The molecule has 0 aliphatic heterocycles. The fourth-order valence-corrected chi connectivity index (χ4v) is 2.56. The van der Waals surface area contributed by atoms with Gasteiger partial charge in [-0.25, -0.2) is 8.42 Å². The number of benzene rings is 1. The van der Waals surface area contributed by atoms with Crippen molar-refractivity contribution in [1.82, 2.24) is 9.78 Å². The fourth-order valence-electron chi connectivity index (χ4n) is 1.71. The summed E-state index contributed by atoms with van der Waals surface area (Å²) in [6, 6.07) is 7.52. The second-order valence-corrected chi connectivity index (χ2v) is 6.24. The van der Waals surface area contributed by atoms with Gasteiger partial charge in [-0.3, -0.25) is 4.68 Å². The van der Waals surface area contributed by atoms with Gasteiger partial charge in [0, 0.05) is 22.6 Å². The highest BCUT2D eigenvalue weighted by Gasteiger charge is 2.15. The third-order valence-corrected chi connectivity index (χ3v) is 3.29. The summed E-state index contributed by atoms with van der Waals surface area (Å²) < 4.78 is 23.9. The van der Waals surface area contributed by atoms with Gasteiger partial charge in [-0.05, 0) is 13.0 Å². The van der Waals surface area contributed by atoms with Crippen LogP contribution in [0.5, 0.6) is 0 Å². The summed E-state index contributed by atoms with van der Waals surface area (Å²) in [5.41, 5.74) is 1.44. The first-order chi connectivity index (χ1) is 7.51. The Hall–Kier alpha value is -1.07. The van der Waals surface area contributed by atoms with E-state index < -0.39 is 9.05 Å². The van der Waals surface area contributed by atoms with Gasteiger partial charge < -0.3 is 0 Å². The van der Waals surface area contributed by atoms with Crippen LogP contribution < -0.4 is 0 Å². The summed E-state index contributed by atoms with van der Waals surface area (Å²) in [5, 5.41) is 5.09. The van der Waals surface area contributed by atoms with E-state index >= 15 is 0 Å². The Bertz CT molecular complexity index is 619. The van der Waals surface area contributed by atoms with Gasteiger partial charge in [-0.1, -0.05) is 18.2 Å². The lowest BCUT2D eigenvalue weighted by Gasteiger charge is -1.95. The molecule has 4 nitrogen and oxygen atoms in total. The summed E-state index contributed by atoms with van der Waals surface area (Å²) in [7, 11) is 1.68. The van der Waals surface area contributed by atoms with Crippen LogP contribution in [0.4, 0.5) is 0 Å². The molecular formula is C10H11ClN2O2S. The summed E-state index contributed by atoms with van der Waals surface area (Å²) in [4.78, 5) is 0. The average molecular weight is 259 g/mol. The summed E-state index contributed by atoms with van der Waals surface area (Å²) in [6.07, 6.45) is 0. The molecule has 0 radical (unpaired) electrons. The quantitative estimate of drug-likeness (QED) is 0.793. The lowest BCUT2D eigenvalue weighted by atomic mass is 10.2. The molecule has 0 saturated carbocycles. The van der Waals surface area contributed by atoms with Crippen LogP contribution in [0, 0.1) is 0 Å². The molecule has 0 atom stereocenters. The second kappa shape index (κ2) is 4.07. The molecule has 2 aromatic rings. The van der Waals surface area contributed by atoms with Crippen LogP contribution in [0.25, 0.3) is 10.9 Å². The van der Waals surface area contributed by atoms with Crippen molar-refractivity contribution in [3.05, 3.63) is 30.0 Å². The third-order valence-electron chi connectivity index (χ3n) is 2.34. The van der Waals surface area contributed by atoms with Crippen molar-refractivity contribution < 1.29 is 8.42 Å². The van der Waals surface area contributed by atoms with Crippen molar-refractivity contribution in [3.8, 4) is 0 Å².